The molecule has 0 saturated heterocycles. The normalized spacial score (nSPS) is 11.7. The third-order valence-corrected chi connectivity index (χ3v) is 2.59. The average Bonchev–Trinajstić information content (AvgIpc) is 2.35. The van der Waals surface area contributed by atoms with Crippen LogP contribution in [0.2, 0.25) is 5.02 Å². The van der Waals surface area contributed by atoms with Crippen molar-refractivity contribution in [3.63, 3.8) is 0 Å². The largest absolute Gasteiger partial charge is 0.477 e. The van der Waals surface area contributed by atoms with Gasteiger partial charge in [0.1, 0.15) is 11.3 Å². The summed E-state index contributed by atoms with van der Waals surface area (Å²) in [6, 6.07) is 3.67. The van der Waals surface area contributed by atoms with Crippen molar-refractivity contribution in [3.8, 4) is 0 Å². The van der Waals surface area contributed by atoms with Crippen molar-refractivity contribution in [2.75, 3.05) is 0 Å². The van der Waals surface area contributed by atoms with Crippen molar-refractivity contribution in [2.24, 2.45) is 0 Å². The van der Waals surface area contributed by atoms with E-state index in [4.69, 9.17) is 21.4 Å². The molecule has 0 unspecified atom stereocenters. The lowest BCUT2D eigenvalue weighted by molar-refractivity contribution is -0.385. The first kappa shape index (κ1) is 18.4. The van der Waals surface area contributed by atoms with Crippen molar-refractivity contribution < 1.29 is 24.4 Å². The molecule has 23 heavy (non-hydrogen) atoms. The summed E-state index contributed by atoms with van der Waals surface area (Å²) in [7, 11) is 0. The van der Waals surface area contributed by atoms with Gasteiger partial charge in [-0.3, -0.25) is 15.4 Å². The van der Waals surface area contributed by atoms with Crippen LogP contribution in [0, 0.1) is 10.1 Å². The third-order valence-electron chi connectivity index (χ3n) is 2.35. The maximum Gasteiger partial charge on any atom is 0.412 e. The highest BCUT2D eigenvalue weighted by atomic mass is 35.5. The minimum absolute atomic E-state index is 0.0593. The van der Waals surface area contributed by atoms with E-state index in [1.54, 1.807) is 20.8 Å². The van der Waals surface area contributed by atoms with Gasteiger partial charge in [-0.25, -0.2) is 9.59 Å². The molecule has 8 nitrogen and oxygen atoms in total. The number of nitro groups is 1. The van der Waals surface area contributed by atoms with E-state index in [2.05, 4.69) is 0 Å². The Hall–Kier alpha value is -2.61. The first-order valence-electron chi connectivity index (χ1n) is 6.38. The molecule has 1 rings (SSSR count). The zero-order chi connectivity index (χ0) is 17.8. The number of nitrogens with one attached hydrogen (secondary N) is 1. The standard InChI is InChI=1S/C14H15ClN2O6/c1-14(2,3)23-13(20)16-10(12(18)19)7-8-6-9(15)4-5-11(8)17(21)22/h4-7H,1-3H3,(H,16,20)(H,18,19)/b10-7+. The number of halogens is 1. The van der Waals surface area contributed by atoms with Gasteiger partial charge in [-0.1, -0.05) is 11.6 Å². The topological polar surface area (TPSA) is 119 Å². The number of carboxylic acid groups (broad SMARTS) is 1. The molecule has 0 aliphatic heterocycles. The van der Waals surface area contributed by atoms with Crippen LogP contribution in [0.1, 0.15) is 26.3 Å². The van der Waals surface area contributed by atoms with E-state index in [1.807, 2.05) is 5.32 Å². The Balaban J connectivity index is 3.18. The van der Waals surface area contributed by atoms with Gasteiger partial charge in [0.25, 0.3) is 5.69 Å². The number of nitrogens with zero attached hydrogens (tertiary/aromatic N) is 1. The second kappa shape index (κ2) is 7.10. The van der Waals surface area contributed by atoms with E-state index in [-0.39, 0.29) is 16.3 Å². The van der Waals surface area contributed by atoms with E-state index < -0.39 is 28.3 Å². The van der Waals surface area contributed by atoms with Crippen LogP contribution < -0.4 is 5.32 Å². The molecule has 0 aliphatic rings. The molecule has 0 spiro atoms. The molecule has 0 bridgehead atoms. The number of carbonyl (C=O) groups excluding carboxylic acids is 1. The highest BCUT2D eigenvalue weighted by Crippen LogP contribution is 2.24. The lowest BCUT2D eigenvalue weighted by Crippen LogP contribution is -2.34. The van der Waals surface area contributed by atoms with Gasteiger partial charge in [0.05, 0.1) is 10.5 Å². The minimum atomic E-state index is -1.48. The van der Waals surface area contributed by atoms with Crippen molar-refractivity contribution in [1.82, 2.24) is 5.32 Å². The number of alkyl carbamates (subject to hydrolysis) is 1. The van der Waals surface area contributed by atoms with Crippen LogP contribution in [-0.2, 0) is 9.53 Å². The average molecular weight is 343 g/mol. The molecule has 0 aromatic heterocycles. The molecular formula is C14H15ClN2O6. The molecule has 0 radical (unpaired) electrons. The SMILES string of the molecule is CC(C)(C)OC(=O)N/C(=C/c1cc(Cl)ccc1[N+](=O)[O-])C(=O)O. The van der Waals surface area contributed by atoms with Gasteiger partial charge >= 0.3 is 12.1 Å². The summed E-state index contributed by atoms with van der Waals surface area (Å²) in [4.78, 5) is 33.2. The summed E-state index contributed by atoms with van der Waals surface area (Å²) in [5.41, 5.74) is -1.81. The first-order valence-corrected chi connectivity index (χ1v) is 6.76. The number of ether oxygens (including phenoxy) is 1. The molecule has 0 heterocycles. The summed E-state index contributed by atoms with van der Waals surface area (Å²) in [6.45, 7) is 4.83. The number of hydrogen-bond donors (Lipinski definition) is 2. The minimum Gasteiger partial charge on any atom is -0.477 e. The van der Waals surface area contributed by atoms with Crippen LogP contribution >= 0.6 is 11.6 Å². The van der Waals surface area contributed by atoms with Crippen LogP contribution in [0.25, 0.3) is 6.08 Å². The van der Waals surface area contributed by atoms with Gasteiger partial charge in [-0.05, 0) is 39.0 Å². The summed E-state index contributed by atoms with van der Waals surface area (Å²) in [6.07, 6.45) is -0.0492. The predicted molar refractivity (Wildman–Crippen MR) is 83.1 cm³/mol. The fraction of sp³-hybridized carbons (Fsp3) is 0.286. The smallest absolute Gasteiger partial charge is 0.412 e. The van der Waals surface area contributed by atoms with Crippen molar-refractivity contribution in [2.45, 2.75) is 26.4 Å². The van der Waals surface area contributed by atoms with E-state index in [0.29, 0.717) is 0 Å². The van der Waals surface area contributed by atoms with Crippen LogP contribution in [0.15, 0.2) is 23.9 Å². The third kappa shape index (κ3) is 5.95. The molecule has 1 aromatic rings. The molecule has 0 aliphatic carbocycles. The fourth-order valence-electron chi connectivity index (χ4n) is 1.53. The molecule has 124 valence electrons. The highest BCUT2D eigenvalue weighted by molar-refractivity contribution is 6.30. The molecule has 0 saturated carbocycles. The Kier molecular flexibility index (Phi) is 5.69. The molecule has 2 N–H and O–H groups in total. The maximum atomic E-state index is 11.7. The van der Waals surface area contributed by atoms with E-state index in [1.165, 1.54) is 12.1 Å². The Morgan fingerprint density at radius 3 is 2.48 bits per heavy atom. The number of carbonyl (C=O) groups is 2. The number of hydrogen-bond acceptors (Lipinski definition) is 5. The number of carboxylic acids is 1. The number of benzene rings is 1. The molecule has 0 atom stereocenters. The quantitative estimate of drug-likeness (QED) is 0.492. The first-order chi connectivity index (χ1) is 10.5. The molecule has 0 fully saturated rings. The molecule has 9 heteroatoms. The fourth-order valence-corrected chi connectivity index (χ4v) is 1.71. The molecule has 1 amide bonds. The summed E-state index contributed by atoms with van der Waals surface area (Å²) < 4.78 is 4.94. The predicted octanol–water partition coefficient (Wildman–Crippen LogP) is 3.20. The molecular weight excluding hydrogens is 328 g/mol. The zero-order valence-electron chi connectivity index (χ0n) is 12.6. The Morgan fingerprint density at radius 2 is 2.00 bits per heavy atom. The van der Waals surface area contributed by atoms with E-state index >= 15 is 0 Å². The van der Waals surface area contributed by atoms with Crippen LogP contribution in [-0.4, -0.2) is 27.7 Å². The van der Waals surface area contributed by atoms with E-state index in [0.717, 1.165) is 12.1 Å². The van der Waals surface area contributed by atoms with E-state index in [9.17, 15) is 19.7 Å². The summed E-state index contributed by atoms with van der Waals surface area (Å²) in [5, 5.41) is 22.3. The van der Waals surface area contributed by atoms with Gasteiger partial charge in [0, 0.05) is 11.1 Å². The zero-order valence-corrected chi connectivity index (χ0v) is 13.4. The monoisotopic (exact) mass is 342 g/mol. The Bertz CT molecular complexity index is 678. The van der Waals surface area contributed by atoms with Crippen molar-refractivity contribution >= 4 is 35.4 Å². The number of aliphatic carboxylic acids is 1. The Labute approximate surface area is 136 Å². The van der Waals surface area contributed by atoms with Gasteiger partial charge in [-0.2, -0.15) is 0 Å². The lowest BCUT2D eigenvalue weighted by atomic mass is 10.1. The van der Waals surface area contributed by atoms with Gasteiger partial charge in [0.2, 0.25) is 0 Å². The van der Waals surface area contributed by atoms with Gasteiger partial charge < -0.3 is 9.84 Å². The second-order valence-electron chi connectivity index (χ2n) is 5.45. The lowest BCUT2D eigenvalue weighted by Gasteiger charge is -2.19. The summed E-state index contributed by atoms with van der Waals surface area (Å²) >= 11 is 5.77. The highest BCUT2D eigenvalue weighted by Gasteiger charge is 2.21. The Morgan fingerprint density at radius 1 is 1.39 bits per heavy atom. The number of rotatable bonds is 4. The maximum absolute atomic E-state index is 11.7. The molecule has 1 aromatic carbocycles. The van der Waals surface area contributed by atoms with Gasteiger partial charge in [0.15, 0.2) is 0 Å². The summed E-state index contributed by atoms with van der Waals surface area (Å²) in [5.74, 6) is -1.48. The van der Waals surface area contributed by atoms with Crippen molar-refractivity contribution in [1.29, 1.82) is 0 Å². The van der Waals surface area contributed by atoms with Crippen LogP contribution in [0.5, 0.6) is 0 Å². The second-order valence-corrected chi connectivity index (χ2v) is 5.89. The van der Waals surface area contributed by atoms with Crippen LogP contribution in [0.3, 0.4) is 0 Å². The van der Waals surface area contributed by atoms with Crippen molar-refractivity contribution in [3.05, 3.63) is 44.6 Å². The number of amides is 1. The number of nitro benzene ring substituents is 1. The van der Waals surface area contributed by atoms with Gasteiger partial charge in [-0.15, -0.1) is 0 Å². The van der Waals surface area contributed by atoms with Crippen LogP contribution in [0.4, 0.5) is 10.5 Å².